The second-order valence-corrected chi connectivity index (χ2v) is 7.97. The molecule has 0 radical (unpaired) electrons. The van der Waals surface area contributed by atoms with Crippen LogP contribution in [-0.4, -0.2) is 56.0 Å². The highest BCUT2D eigenvalue weighted by atomic mass is 32.2. The van der Waals surface area contributed by atoms with E-state index in [0.29, 0.717) is 36.9 Å². The molecular weight excluding hydrogens is 479 g/mol. The van der Waals surface area contributed by atoms with Gasteiger partial charge in [0.15, 0.2) is 6.61 Å². The summed E-state index contributed by atoms with van der Waals surface area (Å²) >= 11 is 1.25. The van der Waals surface area contributed by atoms with Crippen LogP contribution < -0.4 is 10.2 Å². The van der Waals surface area contributed by atoms with Crippen LogP contribution in [0.2, 0.25) is 0 Å². The maximum absolute atomic E-state index is 13.2. The number of carbonyl (C=O) groups is 2. The number of amides is 1. The molecule has 2 aromatic carbocycles. The summed E-state index contributed by atoms with van der Waals surface area (Å²) in [4.78, 5) is 37.6. The molecule has 34 heavy (non-hydrogen) atoms. The Kier molecular flexibility index (Phi) is 7.99. The number of hydrogen-bond acceptors (Lipinski definition) is 8. The summed E-state index contributed by atoms with van der Waals surface area (Å²) in [6, 6.07) is 6.86. The van der Waals surface area contributed by atoms with Crippen molar-refractivity contribution >= 4 is 40.7 Å². The molecule has 1 fully saturated rings. The van der Waals surface area contributed by atoms with E-state index in [1.807, 2.05) is 0 Å². The Bertz CT molecular complexity index is 1090. The fourth-order valence-electron chi connectivity index (χ4n) is 3.25. The number of benzene rings is 2. The lowest BCUT2D eigenvalue weighted by atomic mass is 10.1. The molecule has 1 N–H and O–H groups in total. The standard InChI is InChI=1S/C21H20F3N3O6S/c1-34-14-3-5-17(27(30)31)15(11-14)20(29)33-12-19(28)25-16-10-13(21(22,23)24)2-4-18(16)26-6-8-32-9-7-26/h2-5,10-11H,6-9,12H2,1H3,(H,25,28). The number of thioether (sulfide) groups is 1. The Morgan fingerprint density at radius 1 is 1.21 bits per heavy atom. The Hall–Kier alpha value is -3.32. The number of morpholine rings is 1. The number of alkyl halides is 3. The van der Waals surface area contributed by atoms with Gasteiger partial charge in [0.2, 0.25) is 0 Å². The van der Waals surface area contributed by atoms with Gasteiger partial charge in [0.25, 0.3) is 11.6 Å². The van der Waals surface area contributed by atoms with E-state index in [9.17, 15) is 32.9 Å². The maximum atomic E-state index is 13.2. The second-order valence-electron chi connectivity index (χ2n) is 7.09. The highest BCUT2D eigenvalue weighted by molar-refractivity contribution is 7.98. The van der Waals surface area contributed by atoms with Gasteiger partial charge in [-0.2, -0.15) is 13.2 Å². The molecular formula is C21H20F3N3O6S. The monoisotopic (exact) mass is 499 g/mol. The van der Waals surface area contributed by atoms with E-state index in [0.717, 1.165) is 18.2 Å². The van der Waals surface area contributed by atoms with Gasteiger partial charge in [-0.25, -0.2) is 4.79 Å². The molecule has 9 nitrogen and oxygen atoms in total. The van der Waals surface area contributed by atoms with Crippen molar-refractivity contribution in [1.29, 1.82) is 0 Å². The topological polar surface area (TPSA) is 111 Å². The van der Waals surface area contributed by atoms with Crippen molar-refractivity contribution in [3.63, 3.8) is 0 Å². The Morgan fingerprint density at radius 3 is 2.53 bits per heavy atom. The van der Waals surface area contributed by atoms with Crippen LogP contribution in [0.1, 0.15) is 15.9 Å². The summed E-state index contributed by atoms with van der Waals surface area (Å²) < 4.78 is 49.8. The average molecular weight is 499 g/mol. The minimum Gasteiger partial charge on any atom is -0.452 e. The zero-order chi connectivity index (χ0) is 24.9. The molecule has 0 unspecified atom stereocenters. The number of nitrogens with zero attached hydrogens (tertiary/aromatic N) is 2. The first-order chi connectivity index (χ1) is 16.1. The van der Waals surface area contributed by atoms with Gasteiger partial charge in [-0.1, -0.05) is 0 Å². The lowest BCUT2D eigenvalue weighted by Gasteiger charge is -2.31. The molecule has 1 amide bonds. The number of nitro groups is 1. The number of ether oxygens (including phenoxy) is 2. The molecule has 0 saturated carbocycles. The van der Waals surface area contributed by atoms with E-state index in [1.165, 1.54) is 30.0 Å². The smallest absolute Gasteiger partial charge is 0.416 e. The largest absolute Gasteiger partial charge is 0.452 e. The maximum Gasteiger partial charge on any atom is 0.416 e. The summed E-state index contributed by atoms with van der Waals surface area (Å²) in [6.45, 7) is 0.732. The third-order valence-corrected chi connectivity index (χ3v) is 5.63. The number of nitro benzene ring substituents is 1. The molecule has 0 atom stereocenters. The molecule has 1 heterocycles. The van der Waals surface area contributed by atoms with Crippen LogP contribution in [0, 0.1) is 10.1 Å². The predicted octanol–water partition coefficient (Wildman–Crippen LogP) is 3.97. The number of carbonyl (C=O) groups excluding carboxylic acids is 2. The van der Waals surface area contributed by atoms with Gasteiger partial charge in [-0.3, -0.25) is 14.9 Å². The van der Waals surface area contributed by atoms with Crippen LogP contribution in [-0.2, 0) is 20.4 Å². The van der Waals surface area contributed by atoms with Crippen LogP contribution in [0.25, 0.3) is 0 Å². The van der Waals surface area contributed by atoms with E-state index < -0.39 is 40.8 Å². The number of nitrogens with one attached hydrogen (secondary N) is 1. The van der Waals surface area contributed by atoms with Gasteiger partial charge in [-0.15, -0.1) is 11.8 Å². The van der Waals surface area contributed by atoms with Gasteiger partial charge in [0.05, 0.1) is 35.1 Å². The third kappa shape index (κ3) is 6.17. The van der Waals surface area contributed by atoms with Crippen molar-refractivity contribution in [1.82, 2.24) is 0 Å². The first-order valence-corrected chi connectivity index (χ1v) is 11.2. The number of rotatable bonds is 7. The zero-order valence-electron chi connectivity index (χ0n) is 17.9. The predicted molar refractivity (Wildman–Crippen MR) is 118 cm³/mol. The van der Waals surface area contributed by atoms with Crippen molar-refractivity contribution in [2.24, 2.45) is 0 Å². The van der Waals surface area contributed by atoms with Crippen molar-refractivity contribution in [2.45, 2.75) is 11.1 Å². The second kappa shape index (κ2) is 10.7. The molecule has 182 valence electrons. The minimum atomic E-state index is -4.63. The number of hydrogen-bond donors (Lipinski definition) is 1. The molecule has 0 aromatic heterocycles. The first-order valence-electron chi connectivity index (χ1n) is 9.93. The lowest BCUT2D eigenvalue weighted by Crippen LogP contribution is -2.37. The van der Waals surface area contributed by atoms with Crippen LogP contribution in [0.4, 0.5) is 30.2 Å². The zero-order valence-corrected chi connectivity index (χ0v) is 18.7. The molecule has 0 bridgehead atoms. The molecule has 1 aliphatic heterocycles. The Balaban J connectivity index is 1.76. The van der Waals surface area contributed by atoms with E-state index >= 15 is 0 Å². The molecule has 3 rings (SSSR count). The highest BCUT2D eigenvalue weighted by Crippen LogP contribution is 2.36. The third-order valence-electron chi connectivity index (χ3n) is 4.90. The summed E-state index contributed by atoms with van der Waals surface area (Å²) in [7, 11) is 0. The SMILES string of the molecule is CSc1ccc([N+](=O)[O-])c(C(=O)OCC(=O)Nc2cc(C(F)(F)F)ccc2N2CCOCC2)c1. The first kappa shape index (κ1) is 25.3. The number of esters is 1. The molecule has 13 heteroatoms. The van der Waals surface area contributed by atoms with Crippen molar-refractivity contribution < 1.29 is 37.2 Å². The van der Waals surface area contributed by atoms with Crippen LogP contribution in [0.3, 0.4) is 0 Å². The van der Waals surface area contributed by atoms with Gasteiger partial charge < -0.3 is 19.7 Å². The van der Waals surface area contributed by atoms with Crippen molar-refractivity contribution in [2.75, 3.05) is 49.4 Å². The fourth-order valence-corrected chi connectivity index (χ4v) is 3.69. The molecule has 1 aliphatic rings. The van der Waals surface area contributed by atoms with Crippen molar-refractivity contribution in [3.05, 3.63) is 57.6 Å². The van der Waals surface area contributed by atoms with Crippen molar-refractivity contribution in [3.8, 4) is 0 Å². The van der Waals surface area contributed by atoms with Crippen LogP contribution in [0.15, 0.2) is 41.3 Å². The Morgan fingerprint density at radius 2 is 1.91 bits per heavy atom. The fraction of sp³-hybridized carbons (Fsp3) is 0.333. The average Bonchev–Trinajstić information content (AvgIpc) is 2.82. The quantitative estimate of drug-likeness (QED) is 0.264. The van der Waals surface area contributed by atoms with E-state index in [4.69, 9.17) is 9.47 Å². The van der Waals surface area contributed by atoms with E-state index in [1.54, 1.807) is 11.2 Å². The van der Waals surface area contributed by atoms with Gasteiger partial charge in [-0.05, 0) is 36.6 Å². The summed E-state index contributed by atoms with van der Waals surface area (Å²) in [6.07, 6.45) is -2.92. The van der Waals surface area contributed by atoms with Gasteiger partial charge in [0.1, 0.15) is 5.56 Å². The number of halogens is 3. The van der Waals surface area contributed by atoms with Gasteiger partial charge >= 0.3 is 12.1 Å². The summed E-state index contributed by atoms with van der Waals surface area (Å²) in [5, 5.41) is 13.6. The molecule has 1 saturated heterocycles. The molecule has 0 spiro atoms. The van der Waals surface area contributed by atoms with Gasteiger partial charge in [0, 0.05) is 24.1 Å². The van der Waals surface area contributed by atoms with Crippen LogP contribution in [0.5, 0.6) is 0 Å². The summed E-state index contributed by atoms with van der Waals surface area (Å²) in [5.41, 5.74) is -1.53. The normalized spacial score (nSPS) is 13.9. The van der Waals surface area contributed by atoms with Crippen LogP contribution >= 0.6 is 11.8 Å². The molecule has 2 aromatic rings. The van der Waals surface area contributed by atoms with E-state index in [-0.39, 0.29) is 11.3 Å². The lowest BCUT2D eigenvalue weighted by molar-refractivity contribution is -0.385. The highest BCUT2D eigenvalue weighted by Gasteiger charge is 2.32. The number of anilines is 2. The minimum absolute atomic E-state index is 0.104. The summed E-state index contributed by atoms with van der Waals surface area (Å²) in [5.74, 6) is -2.00. The Labute approximate surface area is 196 Å². The molecule has 0 aliphatic carbocycles. The van der Waals surface area contributed by atoms with E-state index in [2.05, 4.69) is 5.32 Å².